The lowest BCUT2D eigenvalue weighted by Gasteiger charge is -2.11. The van der Waals surface area contributed by atoms with E-state index in [1.165, 1.54) is 5.56 Å². The highest BCUT2D eigenvalue weighted by Crippen LogP contribution is 2.36. The van der Waals surface area contributed by atoms with E-state index in [-0.39, 0.29) is 0 Å². The molecular weight excluding hydrogens is 545 g/mol. The molecule has 0 radical (unpaired) electrons. The lowest BCUT2D eigenvalue weighted by Crippen LogP contribution is -2.03. The van der Waals surface area contributed by atoms with E-state index in [1.807, 2.05) is 48.0 Å². The summed E-state index contributed by atoms with van der Waals surface area (Å²) in [6.07, 6.45) is 0.959. The van der Waals surface area contributed by atoms with Crippen molar-refractivity contribution >= 4 is 46.6 Å². The maximum Gasteiger partial charge on any atom is 0.191 e. The summed E-state index contributed by atoms with van der Waals surface area (Å²) in [4.78, 5) is 0. The van der Waals surface area contributed by atoms with Crippen molar-refractivity contribution in [3.8, 4) is 28.5 Å². The van der Waals surface area contributed by atoms with E-state index in [2.05, 4.69) is 46.0 Å². The molecule has 2 heterocycles. The van der Waals surface area contributed by atoms with Gasteiger partial charge in [0.15, 0.2) is 11.0 Å². The zero-order valence-electron chi connectivity index (χ0n) is 20.3. The number of aryl methyl sites for hydroxylation is 1. The Hall–Kier alpha value is -2.77. The van der Waals surface area contributed by atoms with Crippen LogP contribution in [0, 0.1) is 6.92 Å². The fourth-order valence-corrected chi connectivity index (χ4v) is 5.85. The summed E-state index contributed by atoms with van der Waals surface area (Å²) in [6, 6.07) is 23.5. The maximum atomic E-state index is 6.62. The van der Waals surface area contributed by atoms with E-state index in [1.54, 1.807) is 23.9 Å². The minimum atomic E-state index is 0.505. The molecule has 0 aliphatic carbocycles. The third kappa shape index (κ3) is 5.43. The molecule has 0 saturated carbocycles. The number of benzene rings is 3. The van der Waals surface area contributed by atoms with Gasteiger partial charge in [-0.25, -0.2) is 4.68 Å². The van der Waals surface area contributed by atoms with Crippen LogP contribution in [0.1, 0.15) is 18.1 Å². The van der Waals surface area contributed by atoms with Crippen LogP contribution in [0.4, 0.5) is 0 Å². The second-order valence-corrected chi connectivity index (χ2v) is 10.8. The van der Waals surface area contributed by atoms with Crippen LogP contribution < -0.4 is 0 Å². The Morgan fingerprint density at radius 1 is 0.865 bits per heavy atom. The van der Waals surface area contributed by atoms with Crippen molar-refractivity contribution in [3.05, 3.63) is 99.0 Å². The summed E-state index contributed by atoms with van der Waals surface area (Å²) in [6.45, 7) is 4.86. The molecule has 0 atom stereocenters. The van der Waals surface area contributed by atoms with Crippen LogP contribution in [0.2, 0.25) is 15.1 Å². The van der Waals surface area contributed by atoms with E-state index in [9.17, 15) is 0 Å². The van der Waals surface area contributed by atoms with E-state index in [0.29, 0.717) is 15.1 Å². The lowest BCUT2D eigenvalue weighted by molar-refractivity contribution is 0.684. The van der Waals surface area contributed by atoms with Gasteiger partial charge in [-0.15, -0.1) is 10.2 Å². The fourth-order valence-electron chi connectivity index (χ4n) is 4.24. The van der Waals surface area contributed by atoms with Crippen molar-refractivity contribution in [2.75, 3.05) is 5.75 Å². The molecule has 0 N–H and O–H groups in total. The second-order valence-electron chi connectivity index (χ2n) is 8.47. The Kier molecular flexibility index (Phi) is 7.91. The molecule has 0 fully saturated rings. The highest BCUT2D eigenvalue weighted by molar-refractivity contribution is 7.99. The van der Waals surface area contributed by atoms with Crippen molar-refractivity contribution in [1.29, 1.82) is 0 Å². The predicted molar refractivity (Wildman–Crippen MR) is 154 cm³/mol. The van der Waals surface area contributed by atoms with E-state index >= 15 is 0 Å². The molecular formula is C28H24Cl3N5S. The van der Waals surface area contributed by atoms with Gasteiger partial charge >= 0.3 is 0 Å². The third-order valence-electron chi connectivity index (χ3n) is 6.09. The zero-order chi connectivity index (χ0) is 25.9. The van der Waals surface area contributed by atoms with Gasteiger partial charge in [-0.05, 0) is 56.2 Å². The van der Waals surface area contributed by atoms with E-state index < -0.39 is 0 Å². The SMILES string of the molecule is CCn1c(SCCc2ccccc2)nnc1-c1nn(-c2ccc(Cl)cc2Cl)c(-c2ccc(Cl)cc2)c1C. The van der Waals surface area contributed by atoms with Crippen LogP contribution in [0.15, 0.2) is 78.0 Å². The van der Waals surface area contributed by atoms with Crippen molar-refractivity contribution < 1.29 is 0 Å². The summed E-state index contributed by atoms with van der Waals surface area (Å²) >= 11 is 20.7. The quantitative estimate of drug-likeness (QED) is 0.176. The van der Waals surface area contributed by atoms with E-state index in [4.69, 9.17) is 39.9 Å². The Morgan fingerprint density at radius 2 is 1.59 bits per heavy atom. The minimum Gasteiger partial charge on any atom is -0.301 e. The van der Waals surface area contributed by atoms with Gasteiger partial charge in [-0.1, -0.05) is 89.0 Å². The number of rotatable bonds is 8. The van der Waals surface area contributed by atoms with Crippen LogP contribution >= 0.6 is 46.6 Å². The first-order chi connectivity index (χ1) is 18.0. The molecule has 3 aromatic carbocycles. The van der Waals surface area contributed by atoms with Gasteiger partial charge in [0.1, 0.15) is 5.69 Å². The first kappa shape index (κ1) is 25.9. The Balaban J connectivity index is 1.56. The molecule has 0 spiro atoms. The van der Waals surface area contributed by atoms with Crippen LogP contribution in [0.5, 0.6) is 0 Å². The number of nitrogens with zero attached hydrogens (tertiary/aromatic N) is 5. The molecule has 5 aromatic rings. The summed E-state index contributed by atoms with van der Waals surface area (Å²) in [5, 5.41) is 16.7. The summed E-state index contributed by atoms with van der Waals surface area (Å²) in [7, 11) is 0. The van der Waals surface area contributed by atoms with Gasteiger partial charge < -0.3 is 4.57 Å². The summed E-state index contributed by atoms with van der Waals surface area (Å²) < 4.78 is 3.97. The molecule has 0 unspecified atom stereocenters. The van der Waals surface area contributed by atoms with Gasteiger partial charge in [-0.3, -0.25) is 0 Å². The molecule has 9 heteroatoms. The lowest BCUT2D eigenvalue weighted by atomic mass is 10.1. The van der Waals surface area contributed by atoms with Gasteiger partial charge in [-0.2, -0.15) is 5.10 Å². The summed E-state index contributed by atoms with van der Waals surface area (Å²) in [5.74, 6) is 1.63. The van der Waals surface area contributed by atoms with Gasteiger partial charge in [0, 0.05) is 33.5 Å². The standard InChI is InChI=1S/C28H24Cl3N5S/c1-3-35-27(32-33-28(35)37-16-15-19-7-5-4-6-8-19)25-18(2)26(20-9-11-21(29)12-10-20)36(34-25)24-14-13-22(30)17-23(24)31/h4-14,17H,3,15-16H2,1-2H3. The Bertz CT molecular complexity index is 1530. The zero-order valence-corrected chi connectivity index (χ0v) is 23.4. The van der Waals surface area contributed by atoms with Crippen LogP contribution in [-0.2, 0) is 13.0 Å². The van der Waals surface area contributed by atoms with Crippen molar-refractivity contribution in [2.24, 2.45) is 0 Å². The van der Waals surface area contributed by atoms with Crippen molar-refractivity contribution in [2.45, 2.75) is 32.0 Å². The normalized spacial score (nSPS) is 11.3. The average molecular weight is 569 g/mol. The molecule has 37 heavy (non-hydrogen) atoms. The average Bonchev–Trinajstić information content (AvgIpc) is 3.45. The first-order valence-electron chi connectivity index (χ1n) is 11.9. The molecule has 0 saturated heterocycles. The second kappa shape index (κ2) is 11.3. The number of thioether (sulfide) groups is 1. The fraction of sp³-hybridized carbons (Fsp3) is 0.179. The van der Waals surface area contributed by atoms with Gasteiger partial charge in [0.25, 0.3) is 0 Å². The highest BCUT2D eigenvalue weighted by Gasteiger charge is 2.24. The highest BCUT2D eigenvalue weighted by atomic mass is 35.5. The molecule has 0 aliphatic rings. The molecule has 2 aromatic heterocycles. The Morgan fingerprint density at radius 3 is 2.30 bits per heavy atom. The summed E-state index contributed by atoms with van der Waals surface area (Å²) in [5.41, 5.74) is 5.62. The van der Waals surface area contributed by atoms with Crippen LogP contribution in [0.3, 0.4) is 0 Å². The largest absolute Gasteiger partial charge is 0.301 e. The van der Waals surface area contributed by atoms with Crippen LogP contribution in [0.25, 0.3) is 28.5 Å². The monoisotopic (exact) mass is 567 g/mol. The van der Waals surface area contributed by atoms with Crippen LogP contribution in [-0.4, -0.2) is 30.3 Å². The molecule has 5 nitrogen and oxygen atoms in total. The number of hydrogen-bond donors (Lipinski definition) is 0. The molecule has 188 valence electrons. The molecule has 5 rings (SSSR count). The molecule has 0 aliphatic heterocycles. The first-order valence-corrected chi connectivity index (χ1v) is 14.0. The predicted octanol–water partition coefficient (Wildman–Crippen LogP) is 8.42. The minimum absolute atomic E-state index is 0.505. The van der Waals surface area contributed by atoms with Gasteiger partial charge in [0.05, 0.1) is 16.4 Å². The molecule has 0 bridgehead atoms. The topological polar surface area (TPSA) is 48.5 Å². The smallest absolute Gasteiger partial charge is 0.191 e. The number of hydrogen-bond acceptors (Lipinski definition) is 4. The number of aromatic nitrogens is 5. The van der Waals surface area contributed by atoms with Gasteiger partial charge in [0.2, 0.25) is 0 Å². The van der Waals surface area contributed by atoms with E-state index in [0.717, 1.165) is 57.9 Å². The molecule has 0 amide bonds. The van der Waals surface area contributed by atoms with Crippen molar-refractivity contribution in [3.63, 3.8) is 0 Å². The van der Waals surface area contributed by atoms with Crippen molar-refractivity contribution in [1.82, 2.24) is 24.5 Å². The maximum absolute atomic E-state index is 6.62. The Labute approximate surface area is 235 Å². The third-order valence-corrected chi connectivity index (χ3v) is 7.85. The number of halogens is 3.